The summed E-state index contributed by atoms with van der Waals surface area (Å²) < 4.78 is 0. The van der Waals surface area contributed by atoms with Gasteiger partial charge in [-0.15, -0.1) is 34.9 Å². The Hall–Kier alpha value is -2.36. The van der Waals surface area contributed by atoms with Gasteiger partial charge in [-0.2, -0.15) is 0 Å². The number of nitrogens with zero attached hydrogens (tertiary/aromatic N) is 2. The van der Waals surface area contributed by atoms with Gasteiger partial charge in [-0.25, -0.2) is 4.98 Å². The van der Waals surface area contributed by atoms with Gasteiger partial charge in [0.1, 0.15) is 6.33 Å². The summed E-state index contributed by atoms with van der Waals surface area (Å²) in [5, 5.41) is 9.45. The van der Waals surface area contributed by atoms with Crippen LogP contribution in [0, 0.1) is 19.9 Å². The van der Waals surface area contributed by atoms with Crippen LogP contribution in [0.5, 0.6) is 0 Å². The summed E-state index contributed by atoms with van der Waals surface area (Å²) in [6.07, 6.45) is 2.81. The molecule has 0 bridgehead atoms. The SMILES string of the molecule is CC(=O)/C=C(/C)O.Cc1[c-]c(-c2ncnc3cc(C(C)C)ccc23)cc(C)c1.[Ir]. The van der Waals surface area contributed by atoms with Gasteiger partial charge in [0.15, 0.2) is 5.78 Å². The molecule has 1 radical (unpaired) electrons. The first-order valence-corrected chi connectivity index (χ1v) is 9.30. The van der Waals surface area contributed by atoms with Crippen molar-refractivity contribution >= 4 is 16.7 Å². The van der Waals surface area contributed by atoms with E-state index in [0.717, 1.165) is 27.7 Å². The number of hydrogen-bond donors (Lipinski definition) is 1. The molecule has 5 heteroatoms. The number of aliphatic hydroxyl groups is 1. The van der Waals surface area contributed by atoms with Gasteiger partial charge in [0.25, 0.3) is 0 Å². The Bertz CT molecular complexity index is 1000. The molecule has 1 heterocycles. The van der Waals surface area contributed by atoms with Crippen molar-refractivity contribution in [3.8, 4) is 11.3 Å². The Morgan fingerprint density at radius 2 is 1.79 bits per heavy atom. The molecular weight excluding hydrogens is 540 g/mol. The number of carbonyl (C=O) groups is 1. The van der Waals surface area contributed by atoms with E-state index in [-0.39, 0.29) is 31.6 Å². The Morgan fingerprint density at radius 1 is 1.10 bits per heavy atom. The van der Waals surface area contributed by atoms with E-state index in [9.17, 15) is 4.79 Å². The number of aliphatic hydroxyl groups excluding tert-OH is 1. The quantitative estimate of drug-likeness (QED) is 0.244. The van der Waals surface area contributed by atoms with Crippen LogP contribution < -0.4 is 0 Å². The van der Waals surface area contributed by atoms with E-state index in [0.29, 0.717) is 5.92 Å². The van der Waals surface area contributed by atoms with Crippen LogP contribution in [0.2, 0.25) is 0 Å². The zero-order valence-corrected chi connectivity index (χ0v) is 20.1. The van der Waals surface area contributed by atoms with E-state index in [1.54, 1.807) is 6.33 Å². The van der Waals surface area contributed by atoms with Crippen LogP contribution in [0.15, 0.2) is 48.5 Å². The molecule has 0 unspecified atom stereocenters. The van der Waals surface area contributed by atoms with Gasteiger partial charge in [0.05, 0.1) is 11.3 Å². The summed E-state index contributed by atoms with van der Waals surface area (Å²) in [7, 11) is 0. The molecule has 4 nitrogen and oxygen atoms in total. The number of hydrogen-bond acceptors (Lipinski definition) is 4. The van der Waals surface area contributed by atoms with Crippen LogP contribution in [-0.2, 0) is 24.9 Å². The number of aryl methyl sites for hydroxylation is 2. The van der Waals surface area contributed by atoms with Gasteiger partial charge < -0.3 is 5.11 Å². The number of ketones is 1. The minimum atomic E-state index is -0.125. The van der Waals surface area contributed by atoms with Crippen molar-refractivity contribution in [3.63, 3.8) is 0 Å². The van der Waals surface area contributed by atoms with Crippen LogP contribution in [0.25, 0.3) is 22.2 Å². The minimum Gasteiger partial charge on any atom is -0.512 e. The average Bonchev–Trinajstić information content (AvgIpc) is 2.59. The maximum Gasteiger partial charge on any atom is 0.155 e. The number of aromatic nitrogens is 2. The second-order valence-electron chi connectivity index (χ2n) is 7.30. The predicted molar refractivity (Wildman–Crippen MR) is 114 cm³/mol. The molecule has 3 rings (SSSR count). The first kappa shape index (κ1) is 24.7. The second-order valence-corrected chi connectivity index (χ2v) is 7.30. The van der Waals surface area contributed by atoms with Crippen molar-refractivity contribution in [2.75, 3.05) is 0 Å². The third-order valence-corrected chi connectivity index (χ3v) is 4.14. The molecule has 0 aliphatic carbocycles. The minimum absolute atomic E-state index is 0. The van der Waals surface area contributed by atoms with Crippen molar-refractivity contribution in [3.05, 3.63) is 71.3 Å². The summed E-state index contributed by atoms with van der Waals surface area (Å²) in [5.74, 6) is 0.438. The molecular formula is C24H27IrN2O2-. The van der Waals surface area contributed by atoms with Crippen LogP contribution in [0.1, 0.15) is 50.3 Å². The number of rotatable bonds is 3. The van der Waals surface area contributed by atoms with Gasteiger partial charge in [-0.3, -0.25) is 9.78 Å². The van der Waals surface area contributed by atoms with Gasteiger partial charge in [-0.1, -0.05) is 39.8 Å². The summed E-state index contributed by atoms with van der Waals surface area (Å²) in [5.41, 5.74) is 6.66. The summed E-state index contributed by atoms with van der Waals surface area (Å²) >= 11 is 0. The average molecular weight is 568 g/mol. The number of benzene rings is 2. The molecule has 29 heavy (non-hydrogen) atoms. The van der Waals surface area contributed by atoms with E-state index in [1.165, 1.54) is 31.1 Å². The van der Waals surface area contributed by atoms with Crippen molar-refractivity contribution in [2.45, 2.75) is 47.5 Å². The van der Waals surface area contributed by atoms with E-state index < -0.39 is 0 Å². The van der Waals surface area contributed by atoms with Crippen molar-refractivity contribution in [2.24, 2.45) is 0 Å². The number of fused-ring (bicyclic) bond motifs is 1. The molecule has 0 amide bonds. The van der Waals surface area contributed by atoms with Crippen LogP contribution >= 0.6 is 0 Å². The molecule has 0 saturated heterocycles. The summed E-state index contributed by atoms with van der Waals surface area (Å²) in [4.78, 5) is 18.9. The largest absolute Gasteiger partial charge is 0.512 e. The van der Waals surface area contributed by atoms with Crippen LogP contribution in [-0.4, -0.2) is 20.9 Å². The van der Waals surface area contributed by atoms with E-state index in [4.69, 9.17) is 5.11 Å². The fourth-order valence-electron chi connectivity index (χ4n) is 2.96. The van der Waals surface area contributed by atoms with E-state index in [2.05, 4.69) is 74.1 Å². The van der Waals surface area contributed by atoms with Crippen molar-refractivity contribution in [1.29, 1.82) is 0 Å². The third-order valence-electron chi connectivity index (χ3n) is 4.14. The molecule has 0 saturated carbocycles. The van der Waals surface area contributed by atoms with E-state index >= 15 is 0 Å². The maximum absolute atomic E-state index is 10.0. The fraction of sp³-hybridized carbons (Fsp3) is 0.292. The van der Waals surface area contributed by atoms with Crippen molar-refractivity contribution in [1.82, 2.24) is 9.97 Å². The zero-order valence-electron chi connectivity index (χ0n) is 17.7. The Labute approximate surface area is 186 Å². The first-order valence-electron chi connectivity index (χ1n) is 9.30. The predicted octanol–water partition coefficient (Wildman–Crippen LogP) is 5.87. The summed E-state index contributed by atoms with van der Waals surface area (Å²) in [6.45, 7) is 11.4. The molecule has 2 aromatic carbocycles. The number of carbonyl (C=O) groups excluding carboxylic acids is 1. The zero-order chi connectivity index (χ0) is 20.8. The molecule has 0 atom stereocenters. The Balaban J connectivity index is 0.000000456. The normalized spacial score (nSPS) is 10.9. The van der Waals surface area contributed by atoms with Crippen LogP contribution in [0.3, 0.4) is 0 Å². The van der Waals surface area contributed by atoms with E-state index in [1.807, 2.05) is 0 Å². The second kappa shape index (κ2) is 11.0. The Morgan fingerprint density at radius 3 is 2.31 bits per heavy atom. The molecule has 1 aromatic heterocycles. The van der Waals surface area contributed by atoms with Gasteiger partial charge >= 0.3 is 0 Å². The van der Waals surface area contributed by atoms with Gasteiger partial charge in [0, 0.05) is 26.2 Å². The first-order chi connectivity index (χ1) is 13.2. The summed E-state index contributed by atoms with van der Waals surface area (Å²) in [6, 6.07) is 14.1. The molecule has 0 aliphatic heterocycles. The molecule has 0 aliphatic rings. The molecule has 0 fully saturated rings. The topological polar surface area (TPSA) is 63.1 Å². The molecule has 3 aromatic rings. The third kappa shape index (κ3) is 7.19. The standard InChI is InChI=1S/C19H19N2.C5H8O2.Ir/c1-12(2)15-5-6-17-18(10-15)20-11-21-19(17)16-8-13(3)7-14(4)9-16;1-4(6)3-5(2)7;/h5-8,10-12H,1-4H3;3,6H,1-2H3;/q-1;;/b;4-3-;. The molecule has 155 valence electrons. The van der Waals surface area contributed by atoms with Gasteiger partial charge in [-0.05, 0) is 42.5 Å². The smallest absolute Gasteiger partial charge is 0.155 e. The van der Waals surface area contributed by atoms with Crippen LogP contribution in [0.4, 0.5) is 0 Å². The molecule has 0 spiro atoms. The maximum atomic E-state index is 10.0. The number of allylic oxidation sites excluding steroid dienone is 2. The van der Waals surface area contributed by atoms with Crippen molar-refractivity contribution < 1.29 is 30.0 Å². The monoisotopic (exact) mass is 568 g/mol. The molecule has 1 N–H and O–H groups in total. The Kier molecular flexibility index (Phi) is 9.35. The van der Waals surface area contributed by atoms with Gasteiger partial charge in [0.2, 0.25) is 0 Å². The fourth-order valence-corrected chi connectivity index (χ4v) is 2.96.